The van der Waals surface area contributed by atoms with Gasteiger partial charge in [0.25, 0.3) is 0 Å². The van der Waals surface area contributed by atoms with E-state index in [1.165, 1.54) is 0 Å². The lowest BCUT2D eigenvalue weighted by atomic mass is 10.2. The summed E-state index contributed by atoms with van der Waals surface area (Å²) in [4.78, 5) is 4.56. The standard InChI is InChI=1S/C21H29N3O3S/c1-3-22-21(24-16-19-12-7-8-13-20(19)27-2)23-14-9-15-28(25,26)17-18-10-5-4-6-11-18/h4-8,10-13H,3,9,14-17H2,1-2H3,(H2,22,23,24). The zero-order valence-electron chi connectivity index (χ0n) is 16.5. The highest BCUT2D eigenvalue weighted by molar-refractivity contribution is 7.90. The van der Waals surface area contributed by atoms with E-state index in [0.29, 0.717) is 25.5 Å². The molecule has 0 aliphatic rings. The second-order valence-electron chi connectivity index (χ2n) is 6.36. The maximum absolute atomic E-state index is 12.3. The molecule has 28 heavy (non-hydrogen) atoms. The summed E-state index contributed by atoms with van der Waals surface area (Å²) in [5.41, 5.74) is 1.81. The molecule has 0 spiro atoms. The Balaban J connectivity index is 1.84. The van der Waals surface area contributed by atoms with Crippen molar-refractivity contribution in [1.82, 2.24) is 10.6 Å². The number of nitrogens with one attached hydrogen (secondary N) is 2. The molecule has 0 unspecified atom stereocenters. The molecule has 0 aromatic heterocycles. The Bertz CT molecular complexity index is 852. The van der Waals surface area contributed by atoms with E-state index < -0.39 is 9.84 Å². The fourth-order valence-corrected chi connectivity index (χ4v) is 4.17. The van der Waals surface area contributed by atoms with Crippen molar-refractivity contribution in [3.63, 3.8) is 0 Å². The van der Waals surface area contributed by atoms with Gasteiger partial charge in [0.15, 0.2) is 15.8 Å². The first-order chi connectivity index (χ1) is 13.5. The monoisotopic (exact) mass is 403 g/mol. The summed E-state index contributed by atoms with van der Waals surface area (Å²) in [6, 6.07) is 17.0. The topological polar surface area (TPSA) is 79.8 Å². The number of hydrogen-bond acceptors (Lipinski definition) is 4. The average molecular weight is 404 g/mol. The van der Waals surface area contributed by atoms with Crippen molar-refractivity contribution in [2.45, 2.75) is 25.6 Å². The minimum Gasteiger partial charge on any atom is -0.496 e. The molecule has 0 amide bonds. The summed E-state index contributed by atoms with van der Waals surface area (Å²) in [7, 11) is -1.49. The molecule has 0 saturated carbocycles. The third kappa shape index (κ3) is 7.60. The number of guanidine groups is 1. The van der Waals surface area contributed by atoms with E-state index in [1.54, 1.807) is 7.11 Å². The van der Waals surface area contributed by atoms with Gasteiger partial charge in [-0.2, -0.15) is 0 Å². The zero-order chi connectivity index (χ0) is 20.2. The van der Waals surface area contributed by atoms with E-state index in [0.717, 1.165) is 23.4 Å². The molecule has 0 fully saturated rings. The van der Waals surface area contributed by atoms with Gasteiger partial charge in [-0.3, -0.25) is 0 Å². The van der Waals surface area contributed by atoms with Gasteiger partial charge in [0, 0.05) is 18.7 Å². The van der Waals surface area contributed by atoms with E-state index >= 15 is 0 Å². The molecule has 2 aromatic carbocycles. The Labute approximate surface area is 168 Å². The van der Waals surface area contributed by atoms with Gasteiger partial charge in [-0.05, 0) is 25.0 Å². The number of methoxy groups -OCH3 is 1. The molecule has 6 nitrogen and oxygen atoms in total. The van der Waals surface area contributed by atoms with E-state index in [4.69, 9.17) is 4.74 Å². The number of hydrogen-bond donors (Lipinski definition) is 2. The molecular weight excluding hydrogens is 374 g/mol. The Hall–Kier alpha value is -2.54. The predicted molar refractivity (Wildman–Crippen MR) is 114 cm³/mol. The van der Waals surface area contributed by atoms with Crippen LogP contribution < -0.4 is 15.4 Å². The normalized spacial score (nSPS) is 11.9. The van der Waals surface area contributed by atoms with E-state index in [9.17, 15) is 8.42 Å². The smallest absolute Gasteiger partial charge is 0.191 e. The molecule has 152 valence electrons. The van der Waals surface area contributed by atoms with Crippen molar-refractivity contribution >= 4 is 15.8 Å². The Morgan fingerprint density at radius 2 is 1.75 bits per heavy atom. The fourth-order valence-electron chi connectivity index (χ4n) is 2.74. The Kier molecular flexibility index (Phi) is 8.81. The molecule has 7 heteroatoms. The molecule has 2 rings (SSSR count). The summed E-state index contributed by atoms with van der Waals surface area (Å²) in [5.74, 6) is 1.68. The first kappa shape index (κ1) is 21.8. The van der Waals surface area contributed by atoms with Gasteiger partial charge < -0.3 is 15.4 Å². The molecule has 0 aliphatic heterocycles. The number of sulfone groups is 1. The summed E-state index contributed by atoms with van der Waals surface area (Å²) < 4.78 is 29.9. The maximum Gasteiger partial charge on any atom is 0.191 e. The predicted octanol–water partition coefficient (Wildman–Crippen LogP) is 2.76. The van der Waals surface area contributed by atoms with Gasteiger partial charge in [-0.15, -0.1) is 0 Å². The van der Waals surface area contributed by atoms with Crippen LogP contribution in [0.1, 0.15) is 24.5 Å². The lowest BCUT2D eigenvalue weighted by Gasteiger charge is -2.12. The molecule has 0 radical (unpaired) electrons. The van der Waals surface area contributed by atoms with Crippen molar-refractivity contribution in [1.29, 1.82) is 0 Å². The van der Waals surface area contributed by atoms with Gasteiger partial charge in [0.1, 0.15) is 5.75 Å². The van der Waals surface area contributed by atoms with Crippen molar-refractivity contribution < 1.29 is 13.2 Å². The van der Waals surface area contributed by atoms with Crippen molar-refractivity contribution in [2.75, 3.05) is 26.0 Å². The summed E-state index contributed by atoms with van der Waals surface area (Å²) in [6.45, 7) is 3.73. The lowest BCUT2D eigenvalue weighted by Crippen LogP contribution is -2.38. The first-order valence-electron chi connectivity index (χ1n) is 9.42. The van der Waals surface area contributed by atoms with Crippen LogP contribution in [-0.4, -0.2) is 40.3 Å². The van der Waals surface area contributed by atoms with Crippen LogP contribution in [-0.2, 0) is 22.1 Å². The molecule has 2 N–H and O–H groups in total. The third-order valence-electron chi connectivity index (χ3n) is 4.10. The summed E-state index contributed by atoms with van der Waals surface area (Å²) >= 11 is 0. The number of rotatable bonds is 10. The van der Waals surface area contributed by atoms with Gasteiger partial charge in [-0.1, -0.05) is 48.5 Å². The molecule has 0 aliphatic carbocycles. The average Bonchev–Trinajstić information content (AvgIpc) is 2.70. The number of nitrogens with zero attached hydrogens (tertiary/aromatic N) is 1. The highest BCUT2D eigenvalue weighted by Crippen LogP contribution is 2.17. The van der Waals surface area contributed by atoms with Crippen LogP contribution in [0.3, 0.4) is 0 Å². The van der Waals surface area contributed by atoms with Crippen LogP contribution in [0.4, 0.5) is 0 Å². The SMILES string of the molecule is CCNC(=NCc1ccccc1OC)NCCCS(=O)(=O)Cc1ccccc1. The molecule has 0 atom stereocenters. The summed E-state index contributed by atoms with van der Waals surface area (Å²) in [6.07, 6.45) is 0.522. The minimum absolute atomic E-state index is 0.0792. The lowest BCUT2D eigenvalue weighted by molar-refractivity contribution is 0.410. The Morgan fingerprint density at radius 1 is 1.04 bits per heavy atom. The van der Waals surface area contributed by atoms with Crippen molar-refractivity contribution in [2.24, 2.45) is 4.99 Å². The second-order valence-corrected chi connectivity index (χ2v) is 8.55. The first-order valence-corrected chi connectivity index (χ1v) is 11.2. The van der Waals surface area contributed by atoms with Crippen LogP contribution >= 0.6 is 0 Å². The van der Waals surface area contributed by atoms with Crippen LogP contribution in [0, 0.1) is 0 Å². The molecular formula is C21H29N3O3S. The van der Waals surface area contributed by atoms with Crippen molar-refractivity contribution in [3.8, 4) is 5.75 Å². The zero-order valence-corrected chi connectivity index (χ0v) is 17.3. The van der Waals surface area contributed by atoms with Crippen LogP contribution in [0.25, 0.3) is 0 Å². The van der Waals surface area contributed by atoms with E-state index in [2.05, 4.69) is 15.6 Å². The number of para-hydroxylation sites is 1. The third-order valence-corrected chi connectivity index (χ3v) is 5.78. The van der Waals surface area contributed by atoms with Gasteiger partial charge >= 0.3 is 0 Å². The molecule has 0 saturated heterocycles. The highest BCUT2D eigenvalue weighted by Gasteiger charge is 2.11. The van der Waals surface area contributed by atoms with Crippen LogP contribution in [0.5, 0.6) is 5.75 Å². The largest absolute Gasteiger partial charge is 0.496 e. The van der Waals surface area contributed by atoms with Crippen LogP contribution in [0.15, 0.2) is 59.6 Å². The molecule has 2 aromatic rings. The minimum atomic E-state index is -3.13. The quantitative estimate of drug-likeness (QED) is 0.362. The molecule has 0 heterocycles. The maximum atomic E-state index is 12.3. The van der Waals surface area contributed by atoms with Gasteiger partial charge in [0.05, 0.1) is 25.2 Å². The number of ether oxygens (including phenoxy) is 1. The van der Waals surface area contributed by atoms with Crippen molar-refractivity contribution in [3.05, 3.63) is 65.7 Å². The summed E-state index contributed by atoms with van der Waals surface area (Å²) in [5, 5.41) is 6.37. The van der Waals surface area contributed by atoms with E-state index in [-0.39, 0.29) is 11.5 Å². The van der Waals surface area contributed by atoms with Gasteiger partial charge in [-0.25, -0.2) is 13.4 Å². The molecule has 0 bridgehead atoms. The number of benzene rings is 2. The second kappa shape index (κ2) is 11.3. The number of aliphatic imine (C=N–C) groups is 1. The Morgan fingerprint density at radius 3 is 2.46 bits per heavy atom. The highest BCUT2D eigenvalue weighted by atomic mass is 32.2. The van der Waals surface area contributed by atoms with Crippen LogP contribution in [0.2, 0.25) is 0 Å². The van der Waals surface area contributed by atoms with Gasteiger partial charge in [0.2, 0.25) is 0 Å². The fraction of sp³-hybridized carbons (Fsp3) is 0.381. The van der Waals surface area contributed by atoms with E-state index in [1.807, 2.05) is 61.5 Å².